The van der Waals surface area contributed by atoms with Gasteiger partial charge in [-0.05, 0) is 132 Å². The highest BCUT2D eigenvalue weighted by Gasteiger charge is 2.48. The minimum absolute atomic E-state index is 0.178. The summed E-state index contributed by atoms with van der Waals surface area (Å²) in [6.07, 6.45) is -3.53. The summed E-state index contributed by atoms with van der Waals surface area (Å²) in [6.45, 7) is 36.6. The van der Waals surface area contributed by atoms with E-state index in [1.807, 2.05) is 81.4 Å². The van der Waals surface area contributed by atoms with Gasteiger partial charge in [0.05, 0.1) is 13.2 Å². The number of aliphatic hydroxyl groups is 6. The Kier molecular flexibility index (Phi) is 30.4. The second kappa shape index (κ2) is 34.5. The van der Waals surface area contributed by atoms with Gasteiger partial charge in [0.2, 0.25) is 29.4 Å². The number of aliphatic hydroxyl groups excluding tert-OH is 6. The van der Waals surface area contributed by atoms with Crippen LogP contribution >= 0.6 is 11.6 Å². The van der Waals surface area contributed by atoms with Gasteiger partial charge in [0.25, 0.3) is 17.8 Å². The molecule has 0 aromatic rings. The van der Waals surface area contributed by atoms with Crippen molar-refractivity contribution in [3.05, 3.63) is 92.4 Å². The van der Waals surface area contributed by atoms with Crippen molar-refractivity contribution in [2.45, 2.75) is 192 Å². The van der Waals surface area contributed by atoms with Crippen LogP contribution in [0.5, 0.6) is 0 Å². The van der Waals surface area contributed by atoms with Crippen LogP contribution in [0.15, 0.2) is 92.4 Å². The molecule has 1 saturated heterocycles. The van der Waals surface area contributed by atoms with Gasteiger partial charge in [0.1, 0.15) is 12.2 Å². The molecule has 0 spiro atoms. The van der Waals surface area contributed by atoms with Gasteiger partial charge in [-0.15, -0.1) is 0 Å². The van der Waals surface area contributed by atoms with Gasteiger partial charge >= 0.3 is 23.9 Å². The maximum absolute atomic E-state index is 12.8. The molecule has 3 aliphatic carbocycles. The Morgan fingerprint density at radius 1 is 0.652 bits per heavy atom. The Bertz CT molecular complexity index is 2870. The summed E-state index contributed by atoms with van der Waals surface area (Å²) >= 11 is 5.11. The SMILES string of the molecule is C=CC1=C(C)C(=O)C(OC(=O)C(OCC)OCC)CC1(C)C.CC(C)=CC1=C(C)C(=O)C(=O)CC1(C)C.CC(C)=CC1=C(C)C(=O)C(OC(=O)C2OC[C@@H]([C@H]3OC(=O)C(O)=C3O)O2)CC1(C)C.CCOC(OCC)C(=O)Cl.O=C1O[C@H]([C@@H](O)CO)C(O)=C1O. The zero-order valence-electron chi connectivity index (χ0n) is 53.8. The minimum Gasteiger partial charge on any atom is -0.505 e. The number of halogens is 1. The Hall–Kier alpha value is -6.68. The summed E-state index contributed by atoms with van der Waals surface area (Å²) in [6, 6.07) is 0. The maximum Gasteiger partial charge on any atom is 0.377 e. The van der Waals surface area contributed by atoms with Crippen molar-refractivity contribution in [2.75, 3.05) is 39.6 Å². The number of esters is 4. The molecule has 6 aliphatic rings. The average Bonchev–Trinajstić information content (AvgIpc) is 2.14. The van der Waals surface area contributed by atoms with Crippen molar-refractivity contribution >= 4 is 63.9 Å². The number of carbonyl (C=O) groups is 9. The van der Waals surface area contributed by atoms with Gasteiger partial charge in [-0.3, -0.25) is 24.0 Å². The number of hydrogen-bond donors (Lipinski definition) is 6. The fourth-order valence-electron chi connectivity index (χ4n) is 9.92. The maximum atomic E-state index is 12.8. The van der Waals surface area contributed by atoms with Crippen molar-refractivity contribution in [3.63, 3.8) is 0 Å². The number of rotatable bonds is 19. The molecule has 7 atom stereocenters. The number of cyclic esters (lactones) is 2. The fraction of sp³-hybridized carbons (Fsp3) is 0.603. The first-order chi connectivity index (χ1) is 41.2. The third kappa shape index (κ3) is 21.2. The molecule has 26 heteroatoms. The van der Waals surface area contributed by atoms with Gasteiger partial charge in [-0.25, -0.2) is 19.2 Å². The van der Waals surface area contributed by atoms with Crippen molar-refractivity contribution in [3.8, 4) is 0 Å². The van der Waals surface area contributed by atoms with E-state index in [4.69, 9.17) is 74.7 Å². The first-order valence-electron chi connectivity index (χ1n) is 28.8. The molecule has 0 radical (unpaired) electrons. The topological polar surface area (TPSA) is 367 Å². The molecular weight excluding hydrogens is 1190 g/mol. The second-order valence-electron chi connectivity index (χ2n) is 23.3. The van der Waals surface area contributed by atoms with Crippen molar-refractivity contribution in [2.24, 2.45) is 16.2 Å². The summed E-state index contributed by atoms with van der Waals surface area (Å²) in [5.41, 5.74) is 5.90. The van der Waals surface area contributed by atoms with E-state index in [9.17, 15) is 53.4 Å². The molecule has 0 amide bonds. The smallest absolute Gasteiger partial charge is 0.377 e. The lowest BCUT2D eigenvalue weighted by atomic mass is 9.70. The number of hydrogen-bond acceptors (Lipinski definition) is 25. The van der Waals surface area contributed by atoms with E-state index in [2.05, 4.69) is 11.3 Å². The number of ketones is 4. The molecule has 0 bridgehead atoms. The van der Waals surface area contributed by atoms with Crippen LogP contribution in [0.2, 0.25) is 0 Å². The predicted octanol–water partition coefficient (Wildman–Crippen LogP) is 7.55. The van der Waals surface area contributed by atoms with Crippen LogP contribution in [0.4, 0.5) is 0 Å². The third-order valence-electron chi connectivity index (χ3n) is 14.2. The second-order valence-corrected chi connectivity index (χ2v) is 23.7. The molecule has 0 saturated carbocycles. The van der Waals surface area contributed by atoms with Crippen LogP contribution in [-0.2, 0) is 90.5 Å². The zero-order chi connectivity index (χ0) is 68.4. The standard InChI is InChI=1S/C21H26O9.C17H26O5.C13H18O2.C6H11ClO3.C6H8O6/c1-9(2)6-11-10(3)14(22)12(7-21(11,4)5)28-19(26)20-27-8-13(29-20)17-15(23)16(24)18(25)30-17;1-7-12-11(4)14(18)13(10-17(12,5)6)22-15(19)16(20-8-2)21-9-3;1-8(2)6-10-9(3)12(15)11(14)7-13(10,4)5;1-3-9-6(5(7)8)10-4-2;7-1-2(8)5-3(9)4(10)6(11)12-5/h6,12-13,17,20,23-24H,7-8H2,1-5H3;7,13,16H,1,8-10H2,2-6H3;6H,7H2,1-5H3;6H,3-4H2,1-2H3;2,5,7-10H,1H2/t12?,13-,17+,20?;;;;2-,5+/m0...0/s1. The van der Waals surface area contributed by atoms with Crippen molar-refractivity contribution < 1.29 is 121 Å². The Balaban J connectivity index is 0.000000403. The number of Topliss-reactive ketones (excluding diaryl/α,β-unsaturated/α-hetero) is 4. The fourth-order valence-corrected chi connectivity index (χ4v) is 10.0. The summed E-state index contributed by atoms with van der Waals surface area (Å²) in [5, 5.41) is 53.6. The third-order valence-corrected chi connectivity index (χ3v) is 14.4. The molecule has 6 N–H and O–H groups in total. The molecular formula is C63H89ClO25. The van der Waals surface area contributed by atoms with Gasteiger partial charge in [-0.1, -0.05) is 77.5 Å². The summed E-state index contributed by atoms with van der Waals surface area (Å²) in [5.74, 6) is -8.04. The lowest BCUT2D eigenvalue weighted by Gasteiger charge is -2.36. The Labute approximate surface area is 523 Å². The van der Waals surface area contributed by atoms with Crippen LogP contribution in [-0.4, -0.2) is 178 Å². The Morgan fingerprint density at radius 3 is 1.51 bits per heavy atom. The number of carbonyl (C=O) groups excluding carboxylic acids is 9. The number of allylic oxidation sites excluding steroid dienone is 9. The molecule has 25 nitrogen and oxygen atoms in total. The quantitative estimate of drug-likeness (QED) is 0.0239. The first kappa shape index (κ1) is 78.4. The predicted molar refractivity (Wildman–Crippen MR) is 319 cm³/mol. The highest BCUT2D eigenvalue weighted by Crippen LogP contribution is 2.43. The monoisotopic (exact) mass is 1280 g/mol. The van der Waals surface area contributed by atoms with Gasteiger partial charge in [0.15, 0.2) is 47.5 Å². The van der Waals surface area contributed by atoms with Crippen LogP contribution in [0.3, 0.4) is 0 Å². The first-order valence-corrected chi connectivity index (χ1v) is 29.1. The minimum atomic E-state index is -1.44. The van der Waals surface area contributed by atoms with E-state index in [1.165, 1.54) is 0 Å². The summed E-state index contributed by atoms with van der Waals surface area (Å²) in [4.78, 5) is 105. The molecule has 3 unspecified atom stereocenters. The normalized spacial score (nSPS) is 23.8. The molecule has 3 aliphatic heterocycles. The van der Waals surface area contributed by atoms with Crippen LogP contribution in [0, 0.1) is 16.2 Å². The molecule has 3 heterocycles. The van der Waals surface area contributed by atoms with Crippen molar-refractivity contribution in [1.29, 1.82) is 0 Å². The molecule has 0 aromatic carbocycles. The van der Waals surface area contributed by atoms with E-state index < -0.39 is 114 Å². The molecule has 498 valence electrons. The zero-order valence-corrected chi connectivity index (χ0v) is 54.6. The Morgan fingerprint density at radius 2 is 1.09 bits per heavy atom. The highest BCUT2D eigenvalue weighted by atomic mass is 35.5. The van der Waals surface area contributed by atoms with Gasteiger partial charge in [-0.2, -0.15) is 0 Å². The lowest BCUT2D eigenvalue weighted by molar-refractivity contribution is -0.199. The van der Waals surface area contributed by atoms with E-state index in [0.29, 0.717) is 62.4 Å². The van der Waals surface area contributed by atoms with E-state index in [-0.39, 0.29) is 46.0 Å². The summed E-state index contributed by atoms with van der Waals surface area (Å²) in [7, 11) is 0. The lowest BCUT2D eigenvalue weighted by Crippen LogP contribution is -2.41. The molecule has 6 rings (SSSR count). The van der Waals surface area contributed by atoms with Crippen LogP contribution < -0.4 is 0 Å². The van der Waals surface area contributed by atoms with E-state index in [0.717, 1.165) is 27.9 Å². The van der Waals surface area contributed by atoms with Crippen molar-refractivity contribution in [1.82, 2.24) is 0 Å². The van der Waals surface area contributed by atoms with Gasteiger partial charge in [0, 0.05) is 51.3 Å². The van der Waals surface area contributed by atoms with E-state index >= 15 is 0 Å². The van der Waals surface area contributed by atoms with Gasteiger partial charge < -0.3 is 78.0 Å². The van der Waals surface area contributed by atoms with E-state index in [1.54, 1.807) is 54.5 Å². The summed E-state index contributed by atoms with van der Waals surface area (Å²) < 4.78 is 50.6. The van der Waals surface area contributed by atoms with Crippen LogP contribution in [0.25, 0.3) is 0 Å². The van der Waals surface area contributed by atoms with Crippen LogP contribution in [0.1, 0.15) is 137 Å². The highest BCUT2D eigenvalue weighted by molar-refractivity contribution is 6.64. The molecule has 1 fully saturated rings. The molecule has 89 heavy (non-hydrogen) atoms. The molecule has 0 aromatic heterocycles. The average molecular weight is 1280 g/mol. The number of ether oxygens (including phenoxy) is 10. The largest absolute Gasteiger partial charge is 0.505 e.